The Morgan fingerprint density at radius 1 is 1.16 bits per heavy atom. The van der Waals surface area contributed by atoms with Crippen molar-refractivity contribution in [1.29, 1.82) is 0 Å². The first-order valence-electron chi connectivity index (χ1n) is 9.51. The van der Waals surface area contributed by atoms with Crippen LogP contribution < -0.4 is 0 Å². The van der Waals surface area contributed by atoms with Gasteiger partial charge in [-0.15, -0.1) is 0 Å². The van der Waals surface area contributed by atoms with Gasteiger partial charge in [0.15, 0.2) is 0 Å². The molecule has 0 aromatic heterocycles. The molecule has 0 amide bonds. The summed E-state index contributed by atoms with van der Waals surface area (Å²) in [5, 5.41) is 0. The van der Waals surface area contributed by atoms with E-state index in [0.29, 0.717) is 13.0 Å². The second-order valence-electron chi connectivity index (χ2n) is 9.27. The lowest BCUT2D eigenvalue weighted by Crippen LogP contribution is -2.67. The van der Waals surface area contributed by atoms with Crippen molar-refractivity contribution in [2.75, 3.05) is 6.61 Å². The minimum Gasteiger partial charge on any atom is -0.498 e. The highest BCUT2D eigenvalue weighted by atomic mass is 16.6. The number of Topliss-reactive ketones (excluding diaryl/α,β-unsaturated/α-hetero) is 1. The van der Waals surface area contributed by atoms with Crippen LogP contribution in [0.2, 0.25) is 0 Å². The zero-order chi connectivity index (χ0) is 17.7. The summed E-state index contributed by atoms with van der Waals surface area (Å²) in [5.74, 6) is -0.0923. The highest BCUT2D eigenvalue weighted by molar-refractivity contribution is 6.06. The normalized spacial score (nSPS) is 56.4. The summed E-state index contributed by atoms with van der Waals surface area (Å²) in [5.41, 5.74) is -1.93. The predicted octanol–water partition coefficient (Wildman–Crippen LogP) is 2.78. The van der Waals surface area contributed by atoms with Gasteiger partial charge in [0.2, 0.25) is 0 Å². The fourth-order valence-corrected chi connectivity index (χ4v) is 6.95. The number of rotatable bonds is 0. The molecule has 2 spiro atoms. The highest BCUT2D eigenvalue weighted by Crippen LogP contribution is 2.69. The van der Waals surface area contributed by atoms with Gasteiger partial charge in [0.1, 0.15) is 29.5 Å². The van der Waals surface area contributed by atoms with E-state index >= 15 is 0 Å². The Hall–Kier alpha value is -1.36. The first-order chi connectivity index (χ1) is 11.8. The highest BCUT2D eigenvalue weighted by Gasteiger charge is 2.76. The standard InChI is InChI=1S/C20H26O5/c1-12-10-13-15-17(2,5-4-14(21)18(15,3)16(22)24-13)20(12)7-6-19(25-20)8-9-23-11-19/h8-9,12-13,15H,4-7,10-11H2,1-3H3/t12-,13-,15-,17+,18+,19+,20-/m1/s1. The van der Waals surface area contributed by atoms with E-state index in [1.54, 1.807) is 6.26 Å². The Labute approximate surface area is 148 Å². The lowest BCUT2D eigenvalue weighted by atomic mass is 9.44. The molecule has 5 rings (SSSR count). The smallest absolute Gasteiger partial charge is 0.320 e. The van der Waals surface area contributed by atoms with Crippen LogP contribution in [0.4, 0.5) is 0 Å². The topological polar surface area (TPSA) is 61.8 Å². The molecule has 0 radical (unpaired) electrons. The number of hydrogen-bond acceptors (Lipinski definition) is 5. The number of ketones is 1. The molecule has 5 heteroatoms. The van der Waals surface area contributed by atoms with Crippen molar-refractivity contribution < 1.29 is 23.8 Å². The zero-order valence-corrected chi connectivity index (χ0v) is 15.2. The Bertz CT molecular complexity index is 700. The molecule has 0 aromatic rings. The van der Waals surface area contributed by atoms with Crippen molar-refractivity contribution in [2.45, 2.75) is 70.2 Å². The first-order valence-corrected chi connectivity index (χ1v) is 9.51. The first kappa shape index (κ1) is 15.9. The van der Waals surface area contributed by atoms with Gasteiger partial charge in [0, 0.05) is 17.8 Å². The predicted molar refractivity (Wildman–Crippen MR) is 88.5 cm³/mol. The quantitative estimate of drug-likeness (QED) is 0.498. The molecule has 5 nitrogen and oxygen atoms in total. The lowest BCUT2D eigenvalue weighted by Gasteiger charge is -2.61. The minimum atomic E-state index is -1.01. The van der Waals surface area contributed by atoms with E-state index in [9.17, 15) is 9.59 Å². The number of esters is 1. The van der Waals surface area contributed by atoms with Crippen molar-refractivity contribution in [3.8, 4) is 0 Å². The van der Waals surface area contributed by atoms with Crippen LogP contribution in [-0.2, 0) is 23.8 Å². The second kappa shape index (κ2) is 4.48. The molecule has 7 atom stereocenters. The van der Waals surface area contributed by atoms with Crippen LogP contribution in [0.15, 0.2) is 12.3 Å². The fourth-order valence-electron chi connectivity index (χ4n) is 6.95. The van der Waals surface area contributed by atoms with Gasteiger partial charge in [-0.25, -0.2) is 0 Å². The summed E-state index contributed by atoms with van der Waals surface area (Å²) in [6.45, 7) is 6.84. The molecule has 4 fully saturated rings. The van der Waals surface area contributed by atoms with E-state index in [1.807, 2.05) is 13.0 Å². The van der Waals surface area contributed by atoms with E-state index in [-0.39, 0.29) is 46.3 Å². The van der Waals surface area contributed by atoms with Crippen LogP contribution in [0.5, 0.6) is 0 Å². The molecule has 2 saturated heterocycles. The Morgan fingerprint density at radius 3 is 2.68 bits per heavy atom. The second-order valence-corrected chi connectivity index (χ2v) is 9.27. The zero-order valence-electron chi connectivity index (χ0n) is 15.2. The van der Waals surface area contributed by atoms with Crippen LogP contribution in [0.3, 0.4) is 0 Å². The van der Waals surface area contributed by atoms with Gasteiger partial charge in [-0.2, -0.15) is 0 Å². The van der Waals surface area contributed by atoms with Crippen molar-refractivity contribution in [3.63, 3.8) is 0 Å². The molecule has 5 aliphatic rings. The third-order valence-electron chi connectivity index (χ3n) is 8.26. The summed E-state index contributed by atoms with van der Waals surface area (Å²) in [6.07, 6.45) is 7.48. The molecule has 2 saturated carbocycles. The number of ether oxygens (including phenoxy) is 3. The van der Waals surface area contributed by atoms with Gasteiger partial charge >= 0.3 is 5.97 Å². The van der Waals surface area contributed by atoms with Gasteiger partial charge < -0.3 is 14.2 Å². The Kier molecular flexibility index (Phi) is 2.84. The van der Waals surface area contributed by atoms with Crippen molar-refractivity contribution in [2.24, 2.45) is 22.7 Å². The van der Waals surface area contributed by atoms with Crippen LogP contribution >= 0.6 is 0 Å². The molecule has 0 bridgehead atoms. The van der Waals surface area contributed by atoms with Crippen molar-refractivity contribution >= 4 is 11.8 Å². The van der Waals surface area contributed by atoms with E-state index < -0.39 is 5.41 Å². The van der Waals surface area contributed by atoms with Gasteiger partial charge in [0.05, 0.1) is 11.9 Å². The number of hydrogen-bond donors (Lipinski definition) is 0. The number of fused-ring (bicyclic) bond motifs is 1. The largest absolute Gasteiger partial charge is 0.498 e. The van der Waals surface area contributed by atoms with Crippen molar-refractivity contribution in [1.82, 2.24) is 0 Å². The minimum absolute atomic E-state index is 0.0454. The van der Waals surface area contributed by atoms with Gasteiger partial charge in [-0.1, -0.05) is 13.8 Å². The third kappa shape index (κ3) is 1.60. The maximum Gasteiger partial charge on any atom is 0.320 e. The Balaban J connectivity index is 1.64. The molecule has 136 valence electrons. The van der Waals surface area contributed by atoms with Gasteiger partial charge in [-0.05, 0) is 44.6 Å². The summed E-state index contributed by atoms with van der Waals surface area (Å²) < 4.78 is 18.1. The van der Waals surface area contributed by atoms with Crippen molar-refractivity contribution in [3.05, 3.63) is 12.3 Å². The van der Waals surface area contributed by atoms with E-state index in [1.165, 1.54) is 0 Å². The van der Waals surface area contributed by atoms with Crippen LogP contribution in [0, 0.1) is 22.7 Å². The van der Waals surface area contributed by atoms with Gasteiger partial charge in [-0.3, -0.25) is 9.59 Å². The summed E-state index contributed by atoms with van der Waals surface area (Å²) in [4.78, 5) is 25.4. The monoisotopic (exact) mass is 346 g/mol. The molecule has 25 heavy (non-hydrogen) atoms. The molecule has 0 unspecified atom stereocenters. The van der Waals surface area contributed by atoms with Crippen LogP contribution in [-0.4, -0.2) is 35.7 Å². The number of carbonyl (C=O) groups is 2. The fraction of sp³-hybridized carbons (Fsp3) is 0.800. The maximum atomic E-state index is 12.7. The molecule has 0 aromatic carbocycles. The number of carbonyl (C=O) groups excluding carboxylic acids is 2. The van der Waals surface area contributed by atoms with E-state index in [2.05, 4.69) is 13.8 Å². The molecular formula is C20H26O5. The van der Waals surface area contributed by atoms with E-state index in [0.717, 1.165) is 25.7 Å². The van der Waals surface area contributed by atoms with Gasteiger partial charge in [0.25, 0.3) is 0 Å². The lowest BCUT2D eigenvalue weighted by molar-refractivity contribution is -0.242. The SMILES string of the molecule is C[C@@H]1C[C@H]2OC(=O)[C@@]3(C)C(=O)CC[C@@](C)([C@@H]23)[C@@]12CC[C@@]1(C=COC1)O2. The summed E-state index contributed by atoms with van der Waals surface area (Å²) >= 11 is 0. The molecule has 3 aliphatic heterocycles. The maximum absolute atomic E-state index is 12.7. The summed E-state index contributed by atoms with van der Waals surface area (Å²) in [6, 6.07) is 0. The molecule has 0 N–H and O–H groups in total. The van der Waals surface area contributed by atoms with Crippen LogP contribution in [0.1, 0.15) is 52.9 Å². The average molecular weight is 346 g/mol. The molecule has 2 aliphatic carbocycles. The third-order valence-corrected chi connectivity index (χ3v) is 8.26. The molecular weight excluding hydrogens is 320 g/mol. The average Bonchev–Trinajstić information content (AvgIpc) is 3.24. The molecule has 3 heterocycles. The van der Waals surface area contributed by atoms with E-state index in [4.69, 9.17) is 14.2 Å². The van der Waals surface area contributed by atoms with Crippen LogP contribution in [0.25, 0.3) is 0 Å². The summed E-state index contributed by atoms with van der Waals surface area (Å²) in [7, 11) is 0. The Morgan fingerprint density at radius 2 is 1.96 bits per heavy atom.